The molecule has 6 heteroatoms. The minimum absolute atomic E-state index is 0.0711. The Bertz CT molecular complexity index is 848. The molecule has 2 N–H and O–H groups in total. The monoisotopic (exact) mass is 506 g/mol. The van der Waals surface area contributed by atoms with Gasteiger partial charge in [0.05, 0.1) is 24.0 Å². The number of ketones is 2. The molecule has 2 fully saturated rings. The minimum Gasteiger partial charge on any atom is -0.489 e. The number of rotatable bonds is 6. The Balaban J connectivity index is 2.15. The average Bonchev–Trinajstić information content (AvgIpc) is 2.62. The fourth-order valence-electron chi connectivity index (χ4n) is 5.69. The van der Waals surface area contributed by atoms with E-state index < -0.39 is 30.0 Å². The van der Waals surface area contributed by atoms with Gasteiger partial charge in [-0.3, -0.25) is 9.59 Å². The van der Waals surface area contributed by atoms with E-state index in [9.17, 15) is 19.8 Å². The van der Waals surface area contributed by atoms with E-state index in [0.717, 1.165) is 4.47 Å². The van der Waals surface area contributed by atoms with E-state index in [-0.39, 0.29) is 29.0 Å². The smallest absolute Gasteiger partial charge is 0.139 e. The Kier molecular flexibility index (Phi) is 7.38. The summed E-state index contributed by atoms with van der Waals surface area (Å²) in [7, 11) is 0. The maximum absolute atomic E-state index is 13.4. The summed E-state index contributed by atoms with van der Waals surface area (Å²) in [6.45, 7) is 11.9. The van der Waals surface area contributed by atoms with Crippen molar-refractivity contribution < 1.29 is 24.5 Å². The van der Waals surface area contributed by atoms with Gasteiger partial charge >= 0.3 is 0 Å². The molecule has 0 aromatic heterocycles. The van der Waals surface area contributed by atoms with Gasteiger partial charge < -0.3 is 14.9 Å². The Labute approximate surface area is 199 Å². The van der Waals surface area contributed by atoms with Crippen LogP contribution in [0.25, 0.3) is 0 Å². The first-order valence-electron chi connectivity index (χ1n) is 11.3. The summed E-state index contributed by atoms with van der Waals surface area (Å²) in [6, 6.07) is 5.48. The van der Waals surface area contributed by atoms with Gasteiger partial charge in [-0.05, 0) is 47.4 Å². The first-order valence-corrected chi connectivity index (χ1v) is 12.1. The summed E-state index contributed by atoms with van der Waals surface area (Å²) in [5, 5.41) is 22.3. The maximum atomic E-state index is 13.4. The van der Waals surface area contributed by atoms with Crippen LogP contribution in [0.4, 0.5) is 0 Å². The molecule has 5 nitrogen and oxygen atoms in total. The molecule has 0 amide bonds. The van der Waals surface area contributed by atoms with Crippen LogP contribution in [0, 0.1) is 22.7 Å². The molecule has 0 bridgehead atoms. The number of carbonyl (C=O) groups excluding carboxylic acids is 2. The van der Waals surface area contributed by atoms with E-state index in [0.29, 0.717) is 37.0 Å². The van der Waals surface area contributed by atoms with Crippen LogP contribution in [0.2, 0.25) is 0 Å². The molecule has 2 saturated carbocycles. The van der Waals surface area contributed by atoms with Crippen molar-refractivity contribution in [3.63, 3.8) is 0 Å². The standard InChI is InChI=1S/C26H35BrO5/c1-6-9-32-21-8-7-15(27)10-16(21)22(23-17(28)11-25(2,3)12-18(23)29)24-19(30)13-26(4,5)14-20(24)31/h6-8,10,17,19,22-24,28,30H,1,9,11-14H2,2-5H3/t17-,19+,22?,23-,24+. The molecule has 176 valence electrons. The van der Waals surface area contributed by atoms with Crippen molar-refractivity contribution in [2.45, 2.75) is 71.5 Å². The van der Waals surface area contributed by atoms with Crippen LogP contribution in [0.3, 0.4) is 0 Å². The van der Waals surface area contributed by atoms with Crippen molar-refractivity contribution in [1.29, 1.82) is 0 Å². The molecule has 0 spiro atoms. The second-order valence-electron chi connectivity index (χ2n) is 11.0. The number of hydrogen-bond acceptors (Lipinski definition) is 5. The zero-order valence-electron chi connectivity index (χ0n) is 19.4. The van der Waals surface area contributed by atoms with Gasteiger partial charge in [-0.15, -0.1) is 0 Å². The van der Waals surface area contributed by atoms with Crippen LogP contribution in [-0.2, 0) is 9.59 Å². The zero-order chi connectivity index (χ0) is 23.8. The predicted octanol–water partition coefficient (Wildman–Crippen LogP) is 4.83. The SMILES string of the molecule is C=CCOc1ccc(Br)cc1C([C@H]1C(=O)CC(C)(C)C[C@H]1O)[C@@H]1C(=O)CC(C)(C)C[C@@H]1O. The molecule has 0 radical (unpaired) electrons. The maximum Gasteiger partial charge on any atom is 0.139 e. The number of Topliss-reactive ketones (excluding diaryl/α,β-unsaturated/α-hetero) is 2. The molecule has 1 unspecified atom stereocenters. The van der Waals surface area contributed by atoms with Gasteiger partial charge in [-0.2, -0.15) is 0 Å². The topological polar surface area (TPSA) is 83.8 Å². The number of carbonyl (C=O) groups is 2. The molecule has 0 heterocycles. The number of benzene rings is 1. The Morgan fingerprint density at radius 2 is 1.56 bits per heavy atom. The second kappa shape index (κ2) is 9.40. The fourth-order valence-corrected chi connectivity index (χ4v) is 6.07. The number of halogens is 1. The molecule has 3 rings (SSSR count). The normalized spacial score (nSPS) is 30.6. The van der Waals surface area contributed by atoms with E-state index in [1.807, 2.05) is 39.8 Å². The number of aliphatic hydroxyl groups excluding tert-OH is 2. The lowest BCUT2D eigenvalue weighted by atomic mass is 9.58. The molecule has 1 aromatic rings. The minimum atomic E-state index is -0.905. The zero-order valence-corrected chi connectivity index (χ0v) is 21.0. The third-order valence-corrected chi connectivity index (χ3v) is 7.36. The molecule has 0 aliphatic heterocycles. The Morgan fingerprint density at radius 1 is 1.06 bits per heavy atom. The highest BCUT2D eigenvalue weighted by atomic mass is 79.9. The van der Waals surface area contributed by atoms with Gasteiger partial charge in [0.25, 0.3) is 0 Å². The molecule has 32 heavy (non-hydrogen) atoms. The highest BCUT2D eigenvalue weighted by molar-refractivity contribution is 9.10. The van der Waals surface area contributed by atoms with Crippen molar-refractivity contribution >= 4 is 27.5 Å². The van der Waals surface area contributed by atoms with Crippen molar-refractivity contribution in [3.05, 3.63) is 40.9 Å². The number of aliphatic hydroxyl groups is 2. The molecular formula is C26H35BrO5. The van der Waals surface area contributed by atoms with E-state index in [4.69, 9.17) is 4.74 Å². The second-order valence-corrected chi connectivity index (χ2v) is 11.9. The molecular weight excluding hydrogens is 472 g/mol. The van der Waals surface area contributed by atoms with Crippen molar-refractivity contribution in [2.24, 2.45) is 22.7 Å². The quantitative estimate of drug-likeness (QED) is 0.539. The van der Waals surface area contributed by atoms with E-state index in [1.165, 1.54) is 0 Å². The summed E-state index contributed by atoms with van der Waals surface area (Å²) >= 11 is 3.51. The fraction of sp³-hybridized carbons (Fsp3) is 0.615. The van der Waals surface area contributed by atoms with Crippen molar-refractivity contribution in [3.8, 4) is 5.75 Å². The Hall–Kier alpha value is -1.50. The predicted molar refractivity (Wildman–Crippen MR) is 128 cm³/mol. The van der Waals surface area contributed by atoms with Gasteiger partial charge in [0.15, 0.2) is 0 Å². The molecule has 0 saturated heterocycles. The third kappa shape index (κ3) is 5.35. The molecule has 1 aromatic carbocycles. The van der Waals surface area contributed by atoms with Crippen LogP contribution in [0.1, 0.15) is 64.9 Å². The van der Waals surface area contributed by atoms with Gasteiger partial charge in [0.1, 0.15) is 23.9 Å². The van der Waals surface area contributed by atoms with Crippen LogP contribution in [0.15, 0.2) is 35.3 Å². The lowest BCUT2D eigenvalue weighted by Crippen LogP contribution is -2.51. The highest BCUT2D eigenvalue weighted by Gasteiger charge is 2.52. The summed E-state index contributed by atoms with van der Waals surface area (Å²) in [5.74, 6) is -1.85. The van der Waals surface area contributed by atoms with Crippen LogP contribution in [0.5, 0.6) is 5.75 Å². The van der Waals surface area contributed by atoms with Gasteiger partial charge in [0, 0.05) is 23.2 Å². The van der Waals surface area contributed by atoms with Crippen LogP contribution < -0.4 is 4.74 Å². The molecule has 5 atom stereocenters. The lowest BCUT2D eigenvalue weighted by molar-refractivity contribution is -0.144. The third-order valence-electron chi connectivity index (χ3n) is 6.86. The van der Waals surface area contributed by atoms with Crippen LogP contribution in [-0.4, -0.2) is 40.6 Å². The first-order chi connectivity index (χ1) is 14.8. The lowest BCUT2D eigenvalue weighted by Gasteiger charge is -2.46. The van der Waals surface area contributed by atoms with Crippen LogP contribution >= 0.6 is 15.9 Å². The summed E-state index contributed by atoms with van der Waals surface area (Å²) in [4.78, 5) is 26.8. The molecule has 2 aliphatic rings. The Morgan fingerprint density at radius 3 is 2.00 bits per heavy atom. The van der Waals surface area contributed by atoms with Gasteiger partial charge in [-0.1, -0.05) is 56.3 Å². The molecule has 2 aliphatic carbocycles. The largest absolute Gasteiger partial charge is 0.489 e. The average molecular weight is 507 g/mol. The van der Waals surface area contributed by atoms with Gasteiger partial charge in [-0.25, -0.2) is 0 Å². The number of hydrogen-bond donors (Lipinski definition) is 2. The summed E-state index contributed by atoms with van der Waals surface area (Å²) in [6.07, 6.45) is 1.38. The van der Waals surface area contributed by atoms with E-state index in [2.05, 4.69) is 22.5 Å². The van der Waals surface area contributed by atoms with Crippen molar-refractivity contribution in [1.82, 2.24) is 0 Å². The summed E-state index contributed by atoms with van der Waals surface area (Å²) < 4.78 is 6.68. The van der Waals surface area contributed by atoms with Crippen molar-refractivity contribution in [2.75, 3.05) is 6.61 Å². The first kappa shape index (κ1) is 25.1. The number of ether oxygens (including phenoxy) is 1. The highest BCUT2D eigenvalue weighted by Crippen LogP contribution is 2.51. The summed E-state index contributed by atoms with van der Waals surface area (Å²) in [5.41, 5.74) is 0.0398. The van der Waals surface area contributed by atoms with E-state index in [1.54, 1.807) is 12.1 Å². The van der Waals surface area contributed by atoms with Gasteiger partial charge in [0.2, 0.25) is 0 Å². The van der Waals surface area contributed by atoms with E-state index >= 15 is 0 Å².